The normalized spacial score (nSPS) is 23.1. The van der Waals surface area contributed by atoms with Gasteiger partial charge in [0.2, 0.25) is 0 Å². The van der Waals surface area contributed by atoms with Crippen molar-refractivity contribution in [1.82, 2.24) is 9.88 Å². The van der Waals surface area contributed by atoms with Gasteiger partial charge in [-0.1, -0.05) is 6.08 Å². The fraction of sp³-hybridized carbons (Fsp3) is 0.467. The van der Waals surface area contributed by atoms with Crippen molar-refractivity contribution >= 4 is 5.91 Å². The van der Waals surface area contributed by atoms with Gasteiger partial charge < -0.3 is 10.0 Å². The molecule has 4 nitrogen and oxygen atoms in total. The molecule has 2 rings (SSSR count). The molecule has 0 spiro atoms. The average Bonchev–Trinajstić information content (AvgIpc) is 2.48. The molecule has 1 saturated heterocycles. The molecule has 2 heterocycles. The lowest BCUT2D eigenvalue weighted by Gasteiger charge is -2.41. The first-order chi connectivity index (χ1) is 9.21. The summed E-state index contributed by atoms with van der Waals surface area (Å²) in [5.41, 5.74) is 0.435. The van der Waals surface area contributed by atoms with Crippen molar-refractivity contribution in [1.29, 1.82) is 0 Å². The first-order valence-corrected chi connectivity index (χ1v) is 6.62. The van der Waals surface area contributed by atoms with Gasteiger partial charge in [0.15, 0.2) is 0 Å². The van der Waals surface area contributed by atoms with E-state index in [2.05, 4.69) is 11.6 Å². The standard InChI is InChI=1S/C15H20N2O2/c1-2-6-15(12-18)7-3-10-17(11-15)14(19)13-4-8-16-9-5-13/h2,4-5,8-9,18H,1,3,6-7,10-12H2. The Balaban J connectivity index is 2.13. The van der Waals surface area contributed by atoms with Crippen LogP contribution in [0.4, 0.5) is 0 Å². The predicted molar refractivity (Wildman–Crippen MR) is 73.7 cm³/mol. The van der Waals surface area contributed by atoms with Gasteiger partial charge in [0.1, 0.15) is 0 Å². The minimum Gasteiger partial charge on any atom is -0.396 e. The number of nitrogens with zero attached hydrogens (tertiary/aromatic N) is 2. The Morgan fingerprint density at radius 1 is 1.53 bits per heavy atom. The highest BCUT2D eigenvalue weighted by atomic mass is 16.3. The highest BCUT2D eigenvalue weighted by Gasteiger charge is 2.35. The number of carbonyl (C=O) groups excluding carboxylic acids is 1. The van der Waals surface area contributed by atoms with E-state index in [1.54, 1.807) is 24.5 Å². The molecule has 0 bridgehead atoms. The number of hydrogen-bond acceptors (Lipinski definition) is 3. The van der Waals surface area contributed by atoms with Crippen LogP contribution in [-0.4, -0.2) is 40.6 Å². The Bertz CT molecular complexity index is 447. The zero-order chi connectivity index (χ0) is 13.7. The van der Waals surface area contributed by atoms with E-state index in [-0.39, 0.29) is 17.9 Å². The Hall–Kier alpha value is -1.68. The van der Waals surface area contributed by atoms with Crippen LogP contribution in [0.3, 0.4) is 0 Å². The third kappa shape index (κ3) is 3.01. The third-order valence-electron chi connectivity index (χ3n) is 3.79. The lowest BCUT2D eigenvalue weighted by Crippen LogP contribution is -2.47. The van der Waals surface area contributed by atoms with Gasteiger partial charge in [-0.3, -0.25) is 9.78 Å². The molecule has 1 aromatic rings. The molecule has 1 aliphatic heterocycles. The molecule has 1 N–H and O–H groups in total. The summed E-state index contributed by atoms with van der Waals surface area (Å²) >= 11 is 0. The lowest BCUT2D eigenvalue weighted by atomic mass is 9.77. The van der Waals surface area contributed by atoms with E-state index in [1.165, 1.54) is 0 Å². The minimum atomic E-state index is -0.220. The molecule has 1 atom stereocenters. The van der Waals surface area contributed by atoms with E-state index in [9.17, 15) is 9.90 Å². The van der Waals surface area contributed by atoms with Crippen LogP contribution in [0.2, 0.25) is 0 Å². The fourth-order valence-corrected chi connectivity index (χ4v) is 2.72. The van der Waals surface area contributed by atoms with Crippen LogP contribution < -0.4 is 0 Å². The number of piperidine rings is 1. The Kier molecular flexibility index (Phi) is 4.32. The van der Waals surface area contributed by atoms with Gasteiger partial charge in [-0.15, -0.1) is 6.58 Å². The molecule has 102 valence electrons. The van der Waals surface area contributed by atoms with E-state index >= 15 is 0 Å². The van der Waals surface area contributed by atoms with E-state index in [1.807, 2.05) is 11.0 Å². The fourth-order valence-electron chi connectivity index (χ4n) is 2.72. The Morgan fingerprint density at radius 2 is 2.26 bits per heavy atom. The number of carbonyl (C=O) groups is 1. The zero-order valence-corrected chi connectivity index (χ0v) is 11.1. The van der Waals surface area contributed by atoms with Crippen molar-refractivity contribution in [3.8, 4) is 0 Å². The predicted octanol–water partition coefficient (Wildman–Crippen LogP) is 1.87. The number of aliphatic hydroxyl groups excluding tert-OH is 1. The van der Waals surface area contributed by atoms with E-state index in [0.29, 0.717) is 12.1 Å². The summed E-state index contributed by atoms with van der Waals surface area (Å²) in [7, 11) is 0. The van der Waals surface area contributed by atoms with Crippen molar-refractivity contribution < 1.29 is 9.90 Å². The molecule has 1 unspecified atom stereocenters. The molecule has 4 heteroatoms. The summed E-state index contributed by atoms with van der Waals surface area (Å²) in [6.45, 7) is 5.19. The number of amides is 1. The molecule has 0 saturated carbocycles. The quantitative estimate of drug-likeness (QED) is 0.841. The van der Waals surface area contributed by atoms with Crippen molar-refractivity contribution in [3.63, 3.8) is 0 Å². The summed E-state index contributed by atoms with van der Waals surface area (Å²) in [4.78, 5) is 18.2. The summed E-state index contributed by atoms with van der Waals surface area (Å²) in [6, 6.07) is 3.45. The monoisotopic (exact) mass is 260 g/mol. The van der Waals surface area contributed by atoms with Gasteiger partial charge >= 0.3 is 0 Å². The lowest BCUT2D eigenvalue weighted by molar-refractivity contribution is 0.0285. The van der Waals surface area contributed by atoms with Crippen molar-refractivity contribution in [2.75, 3.05) is 19.7 Å². The zero-order valence-electron chi connectivity index (χ0n) is 11.1. The molecular formula is C15H20N2O2. The van der Waals surface area contributed by atoms with Crippen LogP contribution in [0, 0.1) is 5.41 Å². The Morgan fingerprint density at radius 3 is 2.89 bits per heavy atom. The molecule has 1 fully saturated rings. The topological polar surface area (TPSA) is 53.4 Å². The maximum atomic E-state index is 12.4. The van der Waals surface area contributed by atoms with Gasteiger partial charge in [-0.25, -0.2) is 0 Å². The molecule has 0 aliphatic carbocycles. The number of aromatic nitrogens is 1. The number of rotatable bonds is 4. The first kappa shape index (κ1) is 13.7. The van der Waals surface area contributed by atoms with Crippen LogP contribution in [-0.2, 0) is 0 Å². The summed E-state index contributed by atoms with van der Waals surface area (Å²) in [5.74, 6) is 0.0176. The van der Waals surface area contributed by atoms with Crippen molar-refractivity contribution in [3.05, 3.63) is 42.7 Å². The first-order valence-electron chi connectivity index (χ1n) is 6.62. The smallest absolute Gasteiger partial charge is 0.253 e. The van der Waals surface area contributed by atoms with Crippen LogP contribution in [0.15, 0.2) is 37.2 Å². The minimum absolute atomic E-state index is 0.0176. The molecule has 1 aliphatic rings. The molecule has 0 aromatic carbocycles. The molecule has 1 amide bonds. The van der Waals surface area contributed by atoms with Crippen molar-refractivity contribution in [2.24, 2.45) is 5.41 Å². The largest absolute Gasteiger partial charge is 0.396 e. The van der Waals surface area contributed by atoms with E-state index < -0.39 is 0 Å². The highest BCUT2D eigenvalue weighted by Crippen LogP contribution is 2.33. The van der Waals surface area contributed by atoms with Gasteiger partial charge in [-0.05, 0) is 31.4 Å². The van der Waals surface area contributed by atoms with E-state index in [0.717, 1.165) is 25.8 Å². The van der Waals surface area contributed by atoms with Gasteiger partial charge in [0, 0.05) is 36.5 Å². The van der Waals surface area contributed by atoms with E-state index in [4.69, 9.17) is 0 Å². The van der Waals surface area contributed by atoms with Crippen molar-refractivity contribution in [2.45, 2.75) is 19.3 Å². The molecule has 1 aromatic heterocycles. The number of aliphatic hydroxyl groups is 1. The molecule has 0 radical (unpaired) electrons. The van der Waals surface area contributed by atoms with Crippen LogP contribution in [0.5, 0.6) is 0 Å². The SMILES string of the molecule is C=CCC1(CO)CCCN(C(=O)c2ccncc2)C1. The number of hydrogen-bond donors (Lipinski definition) is 1. The Labute approximate surface area is 113 Å². The van der Waals surface area contributed by atoms with Crippen LogP contribution >= 0.6 is 0 Å². The second-order valence-electron chi connectivity index (χ2n) is 5.22. The summed E-state index contributed by atoms with van der Waals surface area (Å²) < 4.78 is 0. The highest BCUT2D eigenvalue weighted by molar-refractivity contribution is 5.94. The van der Waals surface area contributed by atoms with Crippen LogP contribution in [0.25, 0.3) is 0 Å². The second kappa shape index (κ2) is 5.97. The maximum Gasteiger partial charge on any atom is 0.253 e. The molecular weight excluding hydrogens is 240 g/mol. The van der Waals surface area contributed by atoms with Gasteiger partial charge in [-0.2, -0.15) is 0 Å². The number of likely N-dealkylation sites (tertiary alicyclic amines) is 1. The number of pyridine rings is 1. The summed E-state index contributed by atoms with van der Waals surface area (Å²) in [6.07, 6.45) is 7.68. The van der Waals surface area contributed by atoms with Crippen LogP contribution in [0.1, 0.15) is 29.6 Å². The number of allylic oxidation sites excluding steroid dienone is 1. The third-order valence-corrected chi connectivity index (χ3v) is 3.79. The summed E-state index contributed by atoms with van der Waals surface area (Å²) in [5, 5.41) is 9.65. The van der Waals surface area contributed by atoms with Gasteiger partial charge in [0.25, 0.3) is 5.91 Å². The second-order valence-corrected chi connectivity index (χ2v) is 5.22. The molecule has 19 heavy (non-hydrogen) atoms. The maximum absolute atomic E-state index is 12.4. The average molecular weight is 260 g/mol. The van der Waals surface area contributed by atoms with Gasteiger partial charge in [0.05, 0.1) is 6.61 Å².